The summed E-state index contributed by atoms with van der Waals surface area (Å²) in [5, 5.41) is 8.94. The van der Waals surface area contributed by atoms with E-state index in [0.717, 1.165) is 0 Å². The molecule has 0 radical (unpaired) electrons. The Kier molecular flexibility index (Phi) is 3.93. The van der Waals surface area contributed by atoms with Crippen molar-refractivity contribution in [1.82, 2.24) is 0 Å². The molecule has 1 aromatic carbocycles. The summed E-state index contributed by atoms with van der Waals surface area (Å²) < 4.78 is 24.1. The zero-order valence-corrected chi connectivity index (χ0v) is 10.9. The Morgan fingerprint density at radius 2 is 1.94 bits per heavy atom. The number of carboxylic acid groups (broad SMARTS) is 1. The fourth-order valence-electron chi connectivity index (χ4n) is 1.71. The van der Waals surface area contributed by atoms with Crippen LogP contribution in [0.3, 0.4) is 0 Å². The molecule has 17 heavy (non-hydrogen) atoms. The van der Waals surface area contributed by atoms with Gasteiger partial charge in [-0.3, -0.25) is 0 Å². The molecule has 1 aromatic rings. The normalized spacial score (nSPS) is 11.8. The molecule has 0 fully saturated rings. The van der Waals surface area contributed by atoms with Gasteiger partial charge in [0.25, 0.3) is 0 Å². The van der Waals surface area contributed by atoms with Crippen molar-refractivity contribution in [3.63, 3.8) is 0 Å². The van der Waals surface area contributed by atoms with E-state index in [1.807, 2.05) is 13.8 Å². The third-order valence-corrected chi connectivity index (χ3v) is 4.62. The lowest BCUT2D eigenvalue weighted by Gasteiger charge is -2.11. The molecule has 0 aromatic heterocycles. The first-order chi connectivity index (χ1) is 7.75. The second-order valence-electron chi connectivity index (χ2n) is 4.41. The Morgan fingerprint density at radius 1 is 1.35 bits per heavy atom. The molecule has 0 aliphatic rings. The SMILES string of the molecule is Cc1c(C(=O)O)cccc1S(=O)(=O)CC(C)C. The average molecular weight is 256 g/mol. The van der Waals surface area contributed by atoms with Crippen LogP contribution in [-0.2, 0) is 9.84 Å². The fraction of sp³-hybridized carbons (Fsp3) is 0.417. The number of carboxylic acids is 1. The minimum Gasteiger partial charge on any atom is -0.478 e. The van der Waals surface area contributed by atoms with Gasteiger partial charge in [-0.2, -0.15) is 0 Å². The standard InChI is InChI=1S/C12H16O4S/c1-8(2)7-17(15,16)11-6-4-5-10(9(11)3)12(13)14/h4-6,8H,7H2,1-3H3,(H,13,14). The van der Waals surface area contributed by atoms with Crippen molar-refractivity contribution in [2.75, 3.05) is 5.75 Å². The molecule has 0 saturated carbocycles. The molecule has 0 aliphatic heterocycles. The quantitative estimate of drug-likeness (QED) is 0.895. The molecule has 0 aliphatic carbocycles. The zero-order chi connectivity index (χ0) is 13.2. The molecular weight excluding hydrogens is 240 g/mol. The summed E-state index contributed by atoms with van der Waals surface area (Å²) in [5.41, 5.74) is 0.343. The number of rotatable bonds is 4. The van der Waals surface area contributed by atoms with Gasteiger partial charge >= 0.3 is 5.97 Å². The maximum absolute atomic E-state index is 12.0. The van der Waals surface area contributed by atoms with E-state index >= 15 is 0 Å². The zero-order valence-electron chi connectivity index (χ0n) is 10.1. The van der Waals surface area contributed by atoms with Gasteiger partial charge in [0, 0.05) is 0 Å². The Labute approximate surface area is 101 Å². The lowest BCUT2D eigenvalue weighted by atomic mass is 10.1. The van der Waals surface area contributed by atoms with Gasteiger partial charge in [0.2, 0.25) is 0 Å². The lowest BCUT2D eigenvalue weighted by Crippen LogP contribution is -2.14. The largest absolute Gasteiger partial charge is 0.478 e. The molecule has 94 valence electrons. The molecule has 1 rings (SSSR count). The van der Waals surface area contributed by atoms with Crippen LogP contribution >= 0.6 is 0 Å². The Morgan fingerprint density at radius 3 is 2.41 bits per heavy atom. The number of hydrogen-bond donors (Lipinski definition) is 1. The Balaban J connectivity index is 3.33. The van der Waals surface area contributed by atoms with Crippen molar-refractivity contribution >= 4 is 15.8 Å². The van der Waals surface area contributed by atoms with Crippen LogP contribution in [0.2, 0.25) is 0 Å². The number of aromatic carboxylic acids is 1. The van der Waals surface area contributed by atoms with Crippen LogP contribution in [0, 0.1) is 12.8 Å². The number of benzene rings is 1. The van der Waals surface area contributed by atoms with E-state index in [9.17, 15) is 13.2 Å². The van der Waals surface area contributed by atoms with Crippen LogP contribution in [0.5, 0.6) is 0 Å². The molecule has 0 amide bonds. The minimum atomic E-state index is -3.41. The first-order valence-corrected chi connectivity index (χ1v) is 6.96. The summed E-state index contributed by atoms with van der Waals surface area (Å²) >= 11 is 0. The van der Waals surface area contributed by atoms with E-state index in [1.54, 1.807) is 0 Å². The Bertz CT molecular complexity index is 529. The predicted octanol–water partition coefficient (Wildman–Crippen LogP) is 2.12. The highest BCUT2D eigenvalue weighted by Gasteiger charge is 2.21. The van der Waals surface area contributed by atoms with Gasteiger partial charge in [0.15, 0.2) is 9.84 Å². The Hall–Kier alpha value is -1.36. The predicted molar refractivity (Wildman–Crippen MR) is 65.0 cm³/mol. The van der Waals surface area contributed by atoms with E-state index in [4.69, 9.17) is 5.11 Å². The summed E-state index contributed by atoms with van der Waals surface area (Å²) in [4.78, 5) is 11.0. The van der Waals surface area contributed by atoms with Gasteiger partial charge in [-0.15, -0.1) is 0 Å². The van der Waals surface area contributed by atoms with Gasteiger partial charge in [0.1, 0.15) is 0 Å². The second kappa shape index (κ2) is 4.87. The lowest BCUT2D eigenvalue weighted by molar-refractivity contribution is 0.0696. The van der Waals surface area contributed by atoms with E-state index in [0.29, 0.717) is 5.56 Å². The number of carbonyl (C=O) groups is 1. The summed E-state index contributed by atoms with van der Waals surface area (Å²) in [6.07, 6.45) is 0. The highest BCUT2D eigenvalue weighted by atomic mass is 32.2. The van der Waals surface area contributed by atoms with E-state index in [-0.39, 0.29) is 22.1 Å². The number of sulfone groups is 1. The van der Waals surface area contributed by atoms with E-state index < -0.39 is 15.8 Å². The third kappa shape index (κ3) is 3.06. The van der Waals surface area contributed by atoms with Gasteiger partial charge in [-0.25, -0.2) is 13.2 Å². The monoisotopic (exact) mass is 256 g/mol. The summed E-state index contributed by atoms with van der Waals surface area (Å²) in [5.74, 6) is -1.08. The molecule has 0 spiro atoms. The highest BCUT2D eigenvalue weighted by molar-refractivity contribution is 7.91. The van der Waals surface area contributed by atoms with Gasteiger partial charge in [-0.1, -0.05) is 19.9 Å². The van der Waals surface area contributed by atoms with E-state index in [1.165, 1.54) is 25.1 Å². The smallest absolute Gasteiger partial charge is 0.335 e. The topological polar surface area (TPSA) is 71.4 Å². The van der Waals surface area contributed by atoms with Gasteiger partial charge in [0.05, 0.1) is 16.2 Å². The molecule has 0 atom stereocenters. The van der Waals surface area contributed by atoms with Gasteiger partial charge in [-0.05, 0) is 30.5 Å². The van der Waals surface area contributed by atoms with Crippen LogP contribution in [0.1, 0.15) is 29.8 Å². The van der Waals surface area contributed by atoms with Crippen molar-refractivity contribution in [2.45, 2.75) is 25.7 Å². The maximum Gasteiger partial charge on any atom is 0.335 e. The van der Waals surface area contributed by atoms with Crippen LogP contribution in [0.15, 0.2) is 23.1 Å². The van der Waals surface area contributed by atoms with Crippen molar-refractivity contribution < 1.29 is 18.3 Å². The molecule has 0 unspecified atom stereocenters. The van der Waals surface area contributed by atoms with Gasteiger partial charge < -0.3 is 5.11 Å². The maximum atomic E-state index is 12.0. The first-order valence-electron chi connectivity index (χ1n) is 5.31. The minimum absolute atomic E-state index is 0.00730. The molecule has 5 heteroatoms. The summed E-state index contributed by atoms with van der Waals surface area (Å²) in [6.45, 7) is 5.15. The molecule has 4 nitrogen and oxygen atoms in total. The molecular formula is C12H16O4S. The van der Waals surface area contributed by atoms with Crippen LogP contribution in [-0.4, -0.2) is 25.2 Å². The van der Waals surface area contributed by atoms with Crippen LogP contribution in [0.25, 0.3) is 0 Å². The van der Waals surface area contributed by atoms with E-state index in [2.05, 4.69) is 0 Å². The third-order valence-electron chi connectivity index (χ3n) is 2.40. The molecule has 0 bridgehead atoms. The van der Waals surface area contributed by atoms with Crippen LogP contribution < -0.4 is 0 Å². The molecule has 0 saturated heterocycles. The van der Waals surface area contributed by atoms with Crippen molar-refractivity contribution in [3.05, 3.63) is 29.3 Å². The average Bonchev–Trinajstić information content (AvgIpc) is 2.14. The fourth-order valence-corrected chi connectivity index (χ4v) is 3.63. The summed E-state index contributed by atoms with van der Waals surface area (Å²) in [7, 11) is -3.41. The molecule has 1 N–H and O–H groups in total. The van der Waals surface area contributed by atoms with Crippen molar-refractivity contribution in [2.24, 2.45) is 5.92 Å². The summed E-state index contributed by atoms with van der Waals surface area (Å²) in [6, 6.07) is 4.33. The van der Waals surface area contributed by atoms with Crippen LogP contribution in [0.4, 0.5) is 0 Å². The first kappa shape index (κ1) is 13.7. The second-order valence-corrected chi connectivity index (χ2v) is 6.41. The van der Waals surface area contributed by atoms with Crippen molar-refractivity contribution in [3.8, 4) is 0 Å². The molecule has 0 heterocycles. The number of hydrogen-bond acceptors (Lipinski definition) is 3. The highest BCUT2D eigenvalue weighted by Crippen LogP contribution is 2.21. The van der Waals surface area contributed by atoms with Crippen molar-refractivity contribution in [1.29, 1.82) is 0 Å².